The number of esters is 1. The van der Waals surface area contributed by atoms with Crippen LogP contribution in [0.1, 0.15) is 39.0 Å². The highest BCUT2D eigenvalue weighted by Gasteiger charge is 2.20. The Balaban J connectivity index is 4.08. The van der Waals surface area contributed by atoms with Crippen LogP contribution in [-0.4, -0.2) is 42.1 Å². The molecule has 0 bridgehead atoms. The SMILES string of the molecule is COC(=O)CCC(NC(=O)CCCC(C)N)C(=O)O. The minimum atomic E-state index is -1.16. The number of amides is 1. The largest absolute Gasteiger partial charge is 0.480 e. The van der Waals surface area contributed by atoms with Crippen molar-refractivity contribution in [1.29, 1.82) is 0 Å². The second-order valence-electron chi connectivity index (χ2n) is 4.44. The van der Waals surface area contributed by atoms with Crippen molar-refractivity contribution in [2.45, 2.75) is 51.1 Å². The molecule has 7 nitrogen and oxygen atoms in total. The van der Waals surface area contributed by atoms with E-state index in [1.54, 1.807) is 0 Å². The quantitative estimate of drug-likeness (QED) is 0.510. The lowest BCUT2D eigenvalue weighted by atomic mass is 10.1. The molecule has 2 atom stereocenters. The molecule has 0 fully saturated rings. The van der Waals surface area contributed by atoms with Gasteiger partial charge in [-0.2, -0.15) is 0 Å². The number of carbonyl (C=O) groups excluding carboxylic acids is 2. The predicted octanol–water partition coefficient (Wildman–Crippen LogP) is 0.0265. The summed E-state index contributed by atoms with van der Waals surface area (Å²) in [6.45, 7) is 1.84. The van der Waals surface area contributed by atoms with Gasteiger partial charge in [-0.3, -0.25) is 9.59 Å². The second kappa shape index (κ2) is 9.32. The molecule has 0 spiro atoms. The molecule has 0 aromatic rings. The van der Waals surface area contributed by atoms with E-state index in [2.05, 4.69) is 10.1 Å². The van der Waals surface area contributed by atoms with Crippen LogP contribution in [0.3, 0.4) is 0 Å². The molecular weight excluding hydrogens is 252 g/mol. The van der Waals surface area contributed by atoms with Gasteiger partial charge in [-0.05, 0) is 26.2 Å². The molecule has 0 aliphatic rings. The number of hydrogen-bond donors (Lipinski definition) is 3. The van der Waals surface area contributed by atoms with Gasteiger partial charge < -0.3 is 20.9 Å². The molecule has 0 saturated heterocycles. The van der Waals surface area contributed by atoms with Gasteiger partial charge in [-0.1, -0.05) is 0 Å². The molecule has 7 heteroatoms. The Morgan fingerprint density at radius 3 is 2.37 bits per heavy atom. The van der Waals surface area contributed by atoms with Gasteiger partial charge in [0.05, 0.1) is 7.11 Å². The Bertz CT molecular complexity index is 317. The Hall–Kier alpha value is -1.63. The monoisotopic (exact) mass is 274 g/mol. The van der Waals surface area contributed by atoms with Gasteiger partial charge in [0.1, 0.15) is 6.04 Å². The molecule has 110 valence electrons. The lowest BCUT2D eigenvalue weighted by molar-refractivity contribution is -0.144. The molecule has 1 amide bonds. The first-order chi connectivity index (χ1) is 8.86. The topological polar surface area (TPSA) is 119 Å². The van der Waals surface area contributed by atoms with Gasteiger partial charge in [0.25, 0.3) is 0 Å². The second-order valence-corrected chi connectivity index (χ2v) is 4.44. The van der Waals surface area contributed by atoms with Crippen molar-refractivity contribution in [3.63, 3.8) is 0 Å². The molecule has 0 aliphatic carbocycles. The highest BCUT2D eigenvalue weighted by atomic mass is 16.5. The molecule has 0 heterocycles. The maximum absolute atomic E-state index is 11.5. The van der Waals surface area contributed by atoms with E-state index in [1.165, 1.54) is 7.11 Å². The summed E-state index contributed by atoms with van der Waals surface area (Å²) in [5.41, 5.74) is 5.55. The number of carbonyl (C=O) groups is 3. The van der Waals surface area contributed by atoms with E-state index >= 15 is 0 Å². The first kappa shape index (κ1) is 17.4. The van der Waals surface area contributed by atoms with E-state index in [4.69, 9.17) is 10.8 Å². The van der Waals surface area contributed by atoms with Gasteiger partial charge in [0.2, 0.25) is 5.91 Å². The molecule has 2 unspecified atom stereocenters. The van der Waals surface area contributed by atoms with E-state index in [1.807, 2.05) is 6.92 Å². The van der Waals surface area contributed by atoms with Crippen molar-refractivity contribution in [2.24, 2.45) is 5.73 Å². The van der Waals surface area contributed by atoms with Crippen LogP contribution in [0.5, 0.6) is 0 Å². The van der Waals surface area contributed by atoms with Crippen LogP contribution in [0.25, 0.3) is 0 Å². The van der Waals surface area contributed by atoms with Gasteiger partial charge >= 0.3 is 11.9 Å². The number of ether oxygens (including phenoxy) is 1. The third-order valence-electron chi connectivity index (χ3n) is 2.56. The minimum absolute atomic E-state index is 0.0149. The zero-order valence-corrected chi connectivity index (χ0v) is 11.3. The van der Waals surface area contributed by atoms with E-state index < -0.39 is 18.0 Å². The zero-order valence-electron chi connectivity index (χ0n) is 11.3. The average Bonchev–Trinajstić information content (AvgIpc) is 2.33. The van der Waals surface area contributed by atoms with Gasteiger partial charge in [0, 0.05) is 18.9 Å². The smallest absolute Gasteiger partial charge is 0.326 e. The Morgan fingerprint density at radius 1 is 1.26 bits per heavy atom. The fourth-order valence-corrected chi connectivity index (χ4v) is 1.47. The summed E-state index contributed by atoms with van der Waals surface area (Å²) in [4.78, 5) is 33.4. The highest BCUT2D eigenvalue weighted by Crippen LogP contribution is 2.03. The number of nitrogens with two attached hydrogens (primary N) is 1. The van der Waals surface area contributed by atoms with Crippen LogP contribution in [0.2, 0.25) is 0 Å². The molecule has 0 aliphatic heterocycles. The minimum Gasteiger partial charge on any atom is -0.480 e. The summed E-state index contributed by atoms with van der Waals surface area (Å²) in [7, 11) is 1.23. The third-order valence-corrected chi connectivity index (χ3v) is 2.56. The van der Waals surface area contributed by atoms with Crippen molar-refractivity contribution in [3.05, 3.63) is 0 Å². The summed E-state index contributed by atoms with van der Waals surface area (Å²) in [6.07, 6.45) is 1.50. The van der Waals surface area contributed by atoms with Crippen molar-refractivity contribution in [1.82, 2.24) is 5.32 Å². The summed E-state index contributed by atoms with van der Waals surface area (Å²) in [5.74, 6) is -2.01. The zero-order chi connectivity index (χ0) is 14.8. The number of hydrogen-bond acceptors (Lipinski definition) is 5. The number of rotatable bonds is 9. The maximum atomic E-state index is 11.5. The van der Waals surface area contributed by atoms with E-state index in [9.17, 15) is 14.4 Å². The number of aliphatic carboxylic acids is 1. The number of carboxylic acids is 1. The van der Waals surface area contributed by atoms with Crippen molar-refractivity contribution in [2.75, 3.05) is 7.11 Å². The summed E-state index contributed by atoms with van der Waals surface area (Å²) in [6, 6.07) is -1.05. The van der Waals surface area contributed by atoms with Crippen molar-refractivity contribution in [3.8, 4) is 0 Å². The average molecular weight is 274 g/mol. The molecule has 19 heavy (non-hydrogen) atoms. The van der Waals surface area contributed by atoms with E-state index in [0.29, 0.717) is 12.8 Å². The Morgan fingerprint density at radius 2 is 1.89 bits per heavy atom. The summed E-state index contributed by atoms with van der Waals surface area (Å²) in [5, 5.41) is 11.3. The maximum Gasteiger partial charge on any atom is 0.326 e. The number of carboxylic acid groups (broad SMARTS) is 1. The van der Waals surface area contributed by atoms with Gasteiger partial charge in [0.15, 0.2) is 0 Å². The standard InChI is InChI=1S/C12H22N2O5/c1-8(13)4-3-5-10(15)14-9(12(17)18)6-7-11(16)19-2/h8-9H,3-7,13H2,1-2H3,(H,14,15)(H,17,18). The van der Waals surface area contributed by atoms with Crippen LogP contribution >= 0.6 is 0 Å². The summed E-state index contributed by atoms with van der Waals surface area (Å²) >= 11 is 0. The molecule has 4 N–H and O–H groups in total. The Labute approximate surface area is 112 Å². The van der Waals surface area contributed by atoms with E-state index in [0.717, 1.165) is 0 Å². The van der Waals surface area contributed by atoms with Gasteiger partial charge in [-0.15, -0.1) is 0 Å². The Kier molecular flexibility index (Phi) is 8.52. The molecule has 0 rings (SSSR count). The van der Waals surface area contributed by atoms with Crippen LogP contribution in [0, 0.1) is 0 Å². The van der Waals surface area contributed by atoms with Crippen LogP contribution in [0.4, 0.5) is 0 Å². The van der Waals surface area contributed by atoms with Gasteiger partial charge in [-0.25, -0.2) is 4.79 Å². The third kappa shape index (κ3) is 9.01. The van der Waals surface area contributed by atoms with Crippen LogP contribution < -0.4 is 11.1 Å². The van der Waals surface area contributed by atoms with Crippen molar-refractivity contribution >= 4 is 17.8 Å². The fraction of sp³-hybridized carbons (Fsp3) is 0.750. The van der Waals surface area contributed by atoms with Crippen LogP contribution in [0.15, 0.2) is 0 Å². The molecule has 0 aromatic carbocycles. The van der Waals surface area contributed by atoms with E-state index in [-0.39, 0.29) is 31.2 Å². The summed E-state index contributed by atoms with van der Waals surface area (Å²) < 4.78 is 4.42. The molecule has 0 radical (unpaired) electrons. The number of methoxy groups -OCH3 is 1. The van der Waals surface area contributed by atoms with Crippen LogP contribution in [-0.2, 0) is 19.1 Å². The fourth-order valence-electron chi connectivity index (χ4n) is 1.47. The lowest BCUT2D eigenvalue weighted by Gasteiger charge is -2.14. The lowest BCUT2D eigenvalue weighted by Crippen LogP contribution is -2.41. The molecule has 0 saturated carbocycles. The van der Waals surface area contributed by atoms with Crippen molar-refractivity contribution < 1.29 is 24.2 Å². The first-order valence-corrected chi connectivity index (χ1v) is 6.21. The predicted molar refractivity (Wildman–Crippen MR) is 68.3 cm³/mol. The number of nitrogens with one attached hydrogen (secondary N) is 1. The first-order valence-electron chi connectivity index (χ1n) is 6.21. The normalized spacial score (nSPS) is 13.4. The highest BCUT2D eigenvalue weighted by molar-refractivity contribution is 5.83. The molecule has 0 aromatic heterocycles. The molecular formula is C12H22N2O5.